The minimum absolute atomic E-state index is 0.224. The van der Waals surface area contributed by atoms with Crippen LogP contribution in [-0.2, 0) is 13.0 Å². The molecule has 1 aromatic carbocycles. The molecule has 22 heavy (non-hydrogen) atoms. The molecular weight excluding hydrogens is 303 g/mol. The molecule has 7 heteroatoms. The summed E-state index contributed by atoms with van der Waals surface area (Å²) in [5, 5.41) is 12.7. The van der Waals surface area contributed by atoms with Crippen molar-refractivity contribution in [1.82, 2.24) is 15.2 Å². The van der Waals surface area contributed by atoms with Gasteiger partial charge in [0.05, 0.1) is 0 Å². The van der Waals surface area contributed by atoms with E-state index in [1.807, 2.05) is 17.5 Å². The van der Waals surface area contributed by atoms with Crippen molar-refractivity contribution in [3.8, 4) is 0 Å². The third-order valence-corrected chi connectivity index (χ3v) is 3.97. The molecule has 2 heterocycles. The molecule has 2 N–H and O–H groups in total. The third kappa shape index (κ3) is 3.37. The Hall–Kier alpha value is -2.54. The number of aromatic amines is 1. The highest BCUT2D eigenvalue weighted by Crippen LogP contribution is 2.11. The number of nitrogens with one attached hydrogen (secondary N) is 2. The highest BCUT2D eigenvalue weighted by Gasteiger charge is 2.07. The molecule has 0 fully saturated rings. The molecule has 0 saturated heterocycles. The van der Waals surface area contributed by atoms with Gasteiger partial charge in [0.15, 0.2) is 0 Å². The number of halogens is 1. The average Bonchev–Trinajstić information content (AvgIpc) is 3.02. The van der Waals surface area contributed by atoms with Gasteiger partial charge in [-0.2, -0.15) is 0 Å². The summed E-state index contributed by atoms with van der Waals surface area (Å²) in [4.78, 5) is 15.6. The molecular formula is C15H13FN4OS. The number of benzene rings is 1. The van der Waals surface area contributed by atoms with Crippen LogP contribution in [0.2, 0.25) is 0 Å². The smallest absolute Gasteiger partial charge is 0.274 e. The van der Waals surface area contributed by atoms with E-state index in [2.05, 4.69) is 20.5 Å². The maximum atomic E-state index is 13.5. The van der Waals surface area contributed by atoms with Gasteiger partial charge >= 0.3 is 0 Å². The fourth-order valence-corrected chi connectivity index (χ4v) is 2.66. The van der Waals surface area contributed by atoms with Crippen LogP contribution in [0.15, 0.2) is 46.6 Å². The lowest BCUT2D eigenvalue weighted by atomic mass is 10.2. The summed E-state index contributed by atoms with van der Waals surface area (Å²) < 4.78 is 13.5. The molecule has 0 aliphatic carbocycles. The Morgan fingerprint density at radius 3 is 2.77 bits per heavy atom. The lowest BCUT2D eigenvalue weighted by Gasteiger charge is -2.06. The zero-order valence-corrected chi connectivity index (χ0v) is 12.4. The van der Waals surface area contributed by atoms with Crippen molar-refractivity contribution in [2.75, 3.05) is 5.32 Å². The van der Waals surface area contributed by atoms with Crippen molar-refractivity contribution in [2.45, 2.75) is 13.0 Å². The SMILES string of the molecule is O=c1[nH]c(NCc2ccccc2F)nnc1Cc1cccs1. The Labute approximate surface area is 129 Å². The minimum atomic E-state index is -0.306. The van der Waals surface area contributed by atoms with E-state index in [1.165, 1.54) is 6.07 Å². The number of H-pyrrole nitrogens is 1. The highest BCUT2D eigenvalue weighted by atomic mass is 32.1. The Balaban J connectivity index is 1.69. The molecule has 0 aliphatic rings. The van der Waals surface area contributed by atoms with E-state index in [0.29, 0.717) is 17.7 Å². The van der Waals surface area contributed by atoms with Crippen LogP contribution in [0.5, 0.6) is 0 Å². The van der Waals surface area contributed by atoms with Crippen molar-refractivity contribution in [3.05, 3.63) is 74.1 Å². The van der Waals surface area contributed by atoms with Crippen molar-refractivity contribution in [3.63, 3.8) is 0 Å². The molecule has 0 saturated carbocycles. The molecule has 0 bridgehead atoms. The van der Waals surface area contributed by atoms with Gasteiger partial charge in [0.1, 0.15) is 11.5 Å². The van der Waals surface area contributed by atoms with Crippen LogP contribution in [0.1, 0.15) is 16.1 Å². The summed E-state index contributed by atoms with van der Waals surface area (Å²) >= 11 is 1.56. The summed E-state index contributed by atoms with van der Waals surface area (Å²) in [5.41, 5.74) is 0.561. The standard InChI is InChI=1S/C15H13FN4OS/c16-12-6-2-1-4-10(12)9-17-15-18-14(21)13(19-20-15)8-11-5-3-7-22-11/h1-7H,8-9H2,(H2,17,18,20,21). The van der Waals surface area contributed by atoms with Crippen LogP contribution >= 0.6 is 11.3 Å². The molecule has 0 aliphatic heterocycles. The first-order chi connectivity index (χ1) is 10.7. The van der Waals surface area contributed by atoms with E-state index in [4.69, 9.17) is 0 Å². The normalized spacial score (nSPS) is 10.6. The quantitative estimate of drug-likeness (QED) is 0.759. The predicted molar refractivity (Wildman–Crippen MR) is 83.5 cm³/mol. The fraction of sp³-hybridized carbons (Fsp3) is 0.133. The molecule has 2 aromatic heterocycles. The van der Waals surface area contributed by atoms with Gasteiger partial charge in [0.2, 0.25) is 5.95 Å². The van der Waals surface area contributed by atoms with Crippen LogP contribution in [0.4, 0.5) is 10.3 Å². The summed E-state index contributed by atoms with van der Waals surface area (Å²) in [6, 6.07) is 10.3. The van der Waals surface area contributed by atoms with E-state index in [-0.39, 0.29) is 23.9 Å². The minimum Gasteiger partial charge on any atom is -0.350 e. The van der Waals surface area contributed by atoms with Crippen molar-refractivity contribution in [1.29, 1.82) is 0 Å². The molecule has 112 valence electrons. The topological polar surface area (TPSA) is 70.7 Å². The van der Waals surface area contributed by atoms with Gasteiger partial charge in [0, 0.05) is 23.4 Å². The van der Waals surface area contributed by atoms with Crippen LogP contribution in [0.3, 0.4) is 0 Å². The van der Waals surface area contributed by atoms with E-state index >= 15 is 0 Å². The largest absolute Gasteiger partial charge is 0.350 e. The van der Waals surface area contributed by atoms with Gasteiger partial charge in [-0.25, -0.2) is 4.39 Å². The molecule has 0 amide bonds. The van der Waals surface area contributed by atoms with E-state index < -0.39 is 0 Å². The first kappa shape index (κ1) is 14.4. The Morgan fingerprint density at radius 1 is 1.18 bits per heavy atom. The predicted octanol–water partition coefficient (Wildman–Crippen LogP) is 2.57. The third-order valence-electron chi connectivity index (χ3n) is 3.09. The van der Waals surface area contributed by atoms with Crippen LogP contribution in [0, 0.1) is 5.82 Å². The fourth-order valence-electron chi connectivity index (χ4n) is 1.95. The number of hydrogen-bond donors (Lipinski definition) is 2. The Bertz CT molecular complexity index is 816. The number of anilines is 1. The Kier molecular flexibility index (Phi) is 4.24. The average molecular weight is 316 g/mol. The van der Waals surface area contributed by atoms with Crippen molar-refractivity contribution >= 4 is 17.3 Å². The number of thiophene rings is 1. The second-order valence-electron chi connectivity index (χ2n) is 4.65. The second kappa shape index (κ2) is 6.48. The van der Waals surface area contributed by atoms with E-state index in [9.17, 15) is 9.18 Å². The van der Waals surface area contributed by atoms with Gasteiger partial charge in [-0.1, -0.05) is 24.3 Å². The molecule has 0 unspecified atom stereocenters. The number of nitrogens with zero attached hydrogens (tertiary/aromatic N) is 2. The van der Waals surface area contributed by atoms with Crippen molar-refractivity contribution < 1.29 is 4.39 Å². The lowest BCUT2D eigenvalue weighted by molar-refractivity contribution is 0.612. The summed E-state index contributed by atoms with van der Waals surface area (Å²) in [6.45, 7) is 0.224. The first-order valence-electron chi connectivity index (χ1n) is 6.68. The molecule has 0 spiro atoms. The molecule has 0 atom stereocenters. The summed E-state index contributed by atoms with van der Waals surface area (Å²) in [7, 11) is 0. The van der Waals surface area contributed by atoms with Crippen LogP contribution < -0.4 is 10.9 Å². The van der Waals surface area contributed by atoms with Crippen LogP contribution in [0.25, 0.3) is 0 Å². The van der Waals surface area contributed by atoms with Gasteiger partial charge in [-0.15, -0.1) is 21.5 Å². The second-order valence-corrected chi connectivity index (χ2v) is 5.68. The number of rotatable bonds is 5. The summed E-state index contributed by atoms with van der Waals surface area (Å²) in [6.07, 6.45) is 0.452. The molecule has 5 nitrogen and oxygen atoms in total. The van der Waals surface area contributed by atoms with E-state index in [1.54, 1.807) is 29.5 Å². The van der Waals surface area contributed by atoms with Gasteiger partial charge < -0.3 is 5.32 Å². The first-order valence-corrected chi connectivity index (χ1v) is 7.56. The number of hydrogen-bond acceptors (Lipinski definition) is 5. The van der Waals surface area contributed by atoms with Gasteiger partial charge in [0.25, 0.3) is 5.56 Å². The number of aromatic nitrogens is 3. The Morgan fingerprint density at radius 2 is 2.05 bits per heavy atom. The maximum Gasteiger partial charge on any atom is 0.274 e. The molecule has 3 aromatic rings. The maximum absolute atomic E-state index is 13.5. The molecule has 0 radical (unpaired) electrons. The summed E-state index contributed by atoms with van der Waals surface area (Å²) in [5.74, 6) is -0.0807. The van der Waals surface area contributed by atoms with E-state index in [0.717, 1.165) is 4.88 Å². The van der Waals surface area contributed by atoms with Crippen molar-refractivity contribution in [2.24, 2.45) is 0 Å². The van der Waals surface area contributed by atoms with Gasteiger partial charge in [-0.3, -0.25) is 9.78 Å². The monoisotopic (exact) mass is 316 g/mol. The zero-order chi connectivity index (χ0) is 15.4. The molecule has 3 rings (SSSR count). The van der Waals surface area contributed by atoms with Crippen LogP contribution in [-0.4, -0.2) is 15.2 Å². The zero-order valence-electron chi connectivity index (χ0n) is 11.5. The van der Waals surface area contributed by atoms with Gasteiger partial charge in [-0.05, 0) is 17.5 Å². The lowest BCUT2D eigenvalue weighted by Crippen LogP contribution is -2.19. The highest BCUT2D eigenvalue weighted by molar-refractivity contribution is 7.09.